The fourth-order valence-corrected chi connectivity index (χ4v) is 6.41. The average Bonchev–Trinajstić information content (AvgIpc) is 3.30. The number of imidazole rings is 1. The number of anilines is 1. The number of ether oxygens (including phenoxy) is 1. The first-order valence-electron chi connectivity index (χ1n) is 15.2. The van der Waals surface area contributed by atoms with Crippen LogP contribution < -0.4 is 4.90 Å². The van der Waals surface area contributed by atoms with Crippen molar-refractivity contribution in [1.82, 2.24) is 19.4 Å². The minimum atomic E-state index is -1.11. The number of nitrogens with zero attached hydrogens (tertiary/aromatic N) is 5. The number of fused-ring (bicyclic) bond motifs is 1. The lowest BCUT2D eigenvalue weighted by Gasteiger charge is -2.41. The van der Waals surface area contributed by atoms with Gasteiger partial charge in [0.1, 0.15) is 5.82 Å². The van der Waals surface area contributed by atoms with E-state index in [9.17, 15) is 9.90 Å². The van der Waals surface area contributed by atoms with Crippen molar-refractivity contribution in [2.75, 3.05) is 24.5 Å². The molecule has 226 valence electrons. The minimum Gasteiger partial charge on any atom is -0.479 e. The first-order chi connectivity index (χ1) is 19.7. The van der Waals surface area contributed by atoms with Crippen LogP contribution >= 0.6 is 0 Å². The molecule has 8 heteroatoms. The highest BCUT2D eigenvalue weighted by atomic mass is 16.5. The van der Waals surface area contributed by atoms with E-state index < -0.39 is 17.7 Å². The Balaban J connectivity index is 1.59. The summed E-state index contributed by atoms with van der Waals surface area (Å²) in [5.74, 6) is 0.0882. The molecule has 0 bridgehead atoms. The summed E-state index contributed by atoms with van der Waals surface area (Å²) in [5.41, 5.74) is 7.71. The summed E-state index contributed by atoms with van der Waals surface area (Å²) in [6, 6.07) is 6.76. The maximum Gasteiger partial charge on any atom is 0.337 e. The van der Waals surface area contributed by atoms with Crippen LogP contribution in [-0.2, 0) is 36.1 Å². The van der Waals surface area contributed by atoms with Crippen molar-refractivity contribution in [2.24, 2.45) is 12.5 Å². The number of carboxylic acid groups (broad SMARTS) is 1. The van der Waals surface area contributed by atoms with Gasteiger partial charge in [-0.05, 0) is 76.0 Å². The van der Waals surface area contributed by atoms with Gasteiger partial charge in [-0.15, -0.1) is 0 Å². The Morgan fingerprint density at radius 2 is 1.81 bits per heavy atom. The van der Waals surface area contributed by atoms with Crippen LogP contribution in [0, 0.1) is 19.3 Å². The monoisotopic (exact) mass is 573 g/mol. The number of carbonyl (C=O) groups is 1. The van der Waals surface area contributed by atoms with Gasteiger partial charge in [0, 0.05) is 68.1 Å². The molecule has 1 aromatic carbocycles. The van der Waals surface area contributed by atoms with Gasteiger partial charge in [0.25, 0.3) is 0 Å². The second-order valence-electron chi connectivity index (χ2n) is 13.9. The predicted octanol–water partition coefficient (Wildman–Crippen LogP) is 6.22. The molecule has 8 nitrogen and oxygen atoms in total. The molecule has 1 fully saturated rings. The van der Waals surface area contributed by atoms with Crippen molar-refractivity contribution < 1.29 is 14.6 Å². The van der Waals surface area contributed by atoms with Crippen molar-refractivity contribution in [3.63, 3.8) is 0 Å². The zero-order valence-corrected chi connectivity index (χ0v) is 26.6. The third-order valence-electron chi connectivity index (χ3n) is 8.84. The van der Waals surface area contributed by atoms with Crippen molar-refractivity contribution >= 4 is 11.7 Å². The molecule has 0 saturated carbocycles. The van der Waals surface area contributed by atoms with E-state index >= 15 is 0 Å². The van der Waals surface area contributed by atoms with Crippen LogP contribution in [0.5, 0.6) is 0 Å². The molecular weight excluding hydrogens is 526 g/mol. The molecule has 5 rings (SSSR count). The van der Waals surface area contributed by atoms with Crippen molar-refractivity contribution in [2.45, 2.75) is 92.5 Å². The van der Waals surface area contributed by atoms with E-state index in [0.717, 1.165) is 86.0 Å². The molecule has 3 aromatic rings. The average molecular weight is 574 g/mol. The number of carboxylic acids is 1. The van der Waals surface area contributed by atoms with E-state index in [1.54, 1.807) is 0 Å². The summed E-state index contributed by atoms with van der Waals surface area (Å²) < 4.78 is 8.33. The molecule has 0 spiro atoms. The number of rotatable bonds is 7. The molecule has 1 saturated heterocycles. The number of aryl methyl sites for hydroxylation is 3. The fraction of sp³-hybridized carbons (Fsp3) is 0.559. The first kappa shape index (κ1) is 30.2. The lowest BCUT2D eigenvalue weighted by atomic mass is 9.81. The van der Waals surface area contributed by atoms with Crippen molar-refractivity contribution in [3.8, 4) is 11.1 Å². The molecule has 2 aromatic heterocycles. The van der Waals surface area contributed by atoms with Gasteiger partial charge in [0.15, 0.2) is 6.10 Å². The summed E-state index contributed by atoms with van der Waals surface area (Å²) in [4.78, 5) is 27.1. The second kappa shape index (κ2) is 11.5. The van der Waals surface area contributed by atoms with E-state index in [1.807, 2.05) is 47.1 Å². The van der Waals surface area contributed by atoms with Crippen LogP contribution in [-0.4, -0.2) is 55.7 Å². The van der Waals surface area contributed by atoms with Gasteiger partial charge in [-0.25, -0.2) is 9.78 Å². The summed E-state index contributed by atoms with van der Waals surface area (Å²) in [6.07, 6.45) is 5.78. The topological polar surface area (TPSA) is 83.7 Å². The number of aliphatic carboxylic acids is 1. The van der Waals surface area contributed by atoms with E-state index in [-0.39, 0.29) is 5.41 Å². The SMILES string of the molecule is Cc1nc(C)c(C(OC(C)(C)C)C(=O)O)c(N2CCC(C)(C)CC2)c1-c1ccc2c(c1)CCN(Cc1nccn1C)C2. The lowest BCUT2D eigenvalue weighted by molar-refractivity contribution is -0.160. The molecule has 1 N–H and O–H groups in total. The summed E-state index contributed by atoms with van der Waals surface area (Å²) in [6.45, 7) is 18.7. The van der Waals surface area contributed by atoms with E-state index in [4.69, 9.17) is 9.72 Å². The molecule has 2 aliphatic rings. The Kier molecular flexibility index (Phi) is 8.25. The fourth-order valence-electron chi connectivity index (χ4n) is 6.41. The molecule has 0 amide bonds. The minimum absolute atomic E-state index is 0.259. The van der Waals surface area contributed by atoms with Crippen molar-refractivity contribution in [3.05, 3.63) is 64.5 Å². The molecule has 1 atom stereocenters. The Morgan fingerprint density at radius 3 is 2.43 bits per heavy atom. The predicted molar refractivity (Wildman–Crippen MR) is 167 cm³/mol. The van der Waals surface area contributed by atoms with E-state index in [2.05, 4.69) is 58.3 Å². The van der Waals surface area contributed by atoms with Crippen LogP contribution in [0.4, 0.5) is 5.69 Å². The Labute approximate surface area is 250 Å². The van der Waals surface area contributed by atoms with Gasteiger partial charge < -0.3 is 19.3 Å². The molecule has 0 radical (unpaired) electrons. The third-order valence-corrected chi connectivity index (χ3v) is 8.84. The molecule has 1 unspecified atom stereocenters. The number of piperidine rings is 1. The quantitative estimate of drug-likeness (QED) is 0.359. The van der Waals surface area contributed by atoms with Crippen LogP contribution in [0.2, 0.25) is 0 Å². The number of hydrogen-bond donors (Lipinski definition) is 1. The van der Waals surface area contributed by atoms with Gasteiger partial charge in [-0.2, -0.15) is 0 Å². The Bertz CT molecular complexity index is 1460. The van der Waals surface area contributed by atoms with Crippen LogP contribution in [0.3, 0.4) is 0 Å². The molecule has 2 aliphatic heterocycles. The zero-order valence-electron chi connectivity index (χ0n) is 26.6. The third kappa shape index (κ3) is 6.40. The first-order valence-corrected chi connectivity index (χ1v) is 15.2. The molecule has 0 aliphatic carbocycles. The summed E-state index contributed by atoms with van der Waals surface area (Å²) >= 11 is 0. The number of hydrogen-bond acceptors (Lipinski definition) is 6. The summed E-state index contributed by atoms with van der Waals surface area (Å²) in [5, 5.41) is 10.5. The van der Waals surface area contributed by atoms with E-state index in [1.165, 1.54) is 11.1 Å². The largest absolute Gasteiger partial charge is 0.479 e. The van der Waals surface area contributed by atoms with Gasteiger partial charge in [-0.1, -0.05) is 32.0 Å². The number of pyridine rings is 1. The summed E-state index contributed by atoms with van der Waals surface area (Å²) in [7, 11) is 2.04. The Hall–Kier alpha value is -3.23. The van der Waals surface area contributed by atoms with Crippen LogP contribution in [0.15, 0.2) is 30.6 Å². The second-order valence-corrected chi connectivity index (χ2v) is 13.9. The van der Waals surface area contributed by atoms with Crippen LogP contribution in [0.25, 0.3) is 11.1 Å². The molecule has 42 heavy (non-hydrogen) atoms. The van der Waals surface area contributed by atoms with Crippen molar-refractivity contribution in [1.29, 1.82) is 0 Å². The normalized spacial score (nSPS) is 18.1. The number of benzene rings is 1. The number of aromatic nitrogens is 3. The smallest absolute Gasteiger partial charge is 0.337 e. The Morgan fingerprint density at radius 1 is 1.10 bits per heavy atom. The maximum atomic E-state index is 12.8. The zero-order chi connectivity index (χ0) is 30.4. The maximum absolute atomic E-state index is 12.8. The van der Waals surface area contributed by atoms with Gasteiger partial charge >= 0.3 is 5.97 Å². The highest BCUT2D eigenvalue weighted by molar-refractivity contribution is 5.88. The standard InChI is InChI=1S/C34H47N5O3/c1-22-28(25-9-10-26-20-38(15-11-24(26)19-25)21-27-35-14-18-37(27)8)30(39-16-12-34(6,7)13-17-39)29(23(2)36-22)31(32(40)41)42-33(3,4)5/h9-10,14,18-19,31H,11-13,15-17,20-21H2,1-8H3,(H,40,41). The highest BCUT2D eigenvalue weighted by Crippen LogP contribution is 2.45. The van der Waals surface area contributed by atoms with Crippen LogP contribution in [0.1, 0.15) is 87.5 Å². The van der Waals surface area contributed by atoms with Gasteiger partial charge in [0.05, 0.1) is 17.8 Å². The molecule has 4 heterocycles. The lowest BCUT2D eigenvalue weighted by Crippen LogP contribution is -2.39. The van der Waals surface area contributed by atoms with Gasteiger partial charge in [0.2, 0.25) is 0 Å². The van der Waals surface area contributed by atoms with E-state index in [0.29, 0.717) is 5.56 Å². The molecular formula is C34H47N5O3. The van der Waals surface area contributed by atoms with Gasteiger partial charge in [-0.3, -0.25) is 9.88 Å². The highest BCUT2D eigenvalue weighted by Gasteiger charge is 2.36.